The maximum atomic E-state index is 12.8. The van der Waals surface area contributed by atoms with Crippen molar-refractivity contribution in [2.24, 2.45) is 0 Å². The van der Waals surface area contributed by atoms with Crippen LogP contribution in [0, 0.1) is 0 Å². The zero-order valence-corrected chi connectivity index (χ0v) is 16.2. The molecule has 0 spiro atoms. The molecule has 2 aromatic rings. The van der Waals surface area contributed by atoms with Crippen LogP contribution in [0.5, 0.6) is 5.75 Å². The lowest BCUT2D eigenvalue weighted by atomic mass is 9.99. The van der Waals surface area contributed by atoms with Gasteiger partial charge in [0.2, 0.25) is 5.91 Å². The normalized spacial score (nSPS) is 15.5. The van der Waals surface area contributed by atoms with Gasteiger partial charge >= 0.3 is 0 Å². The van der Waals surface area contributed by atoms with E-state index in [1.54, 1.807) is 6.07 Å². The molecular weight excluding hydrogens is 364 g/mol. The maximum absolute atomic E-state index is 12.8. The Morgan fingerprint density at radius 1 is 1.15 bits per heavy atom. The number of piperazine rings is 1. The number of carbonyl (C=O) groups excluding carboxylic acids is 1. The molecule has 1 atom stereocenters. The first-order valence-corrected chi connectivity index (χ1v) is 9.60. The summed E-state index contributed by atoms with van der Waals surface area (Å²) in [7, 11) is 0. The highest BCUT2D eigenvalue weighted by Gasteiger charge is 2.26. The lowest BCUT2D eigenvalue weighted by Gasteiger charge is -2.37. The average Bonchev–Trinajstić information content (AvgIpc) is 2.72. The first kappa shape index (κ1) is 19.5. The third-order valence-corrected chi connectivity index (χ3v) is 5.18. The number of anilines is 1. The third kappa shape index (κ3) is 4.73. The zero-order chi connectivity index (χ0) is 19.2. The molecule has 1 saturated heterocycles. The lowest BCUT2D eigenvalue weighted by Crippen LogP contribution is -2.49. The first-order valence-electron chi connectivity index (χ1n) is 9.22. The first-order chi connectivity index (χ1) is 13.1. The van der Waals surface area contributed by atoms with E-state index in [-0.39, 0.29) is 25.0 Å². The van der Waals surface area contributed by atoms with Crippen molar-refractivity contribution >= 4 is 23.2 Å². The Morgan fingerprint density at radius 3 is 2.48 bits per heavy atom. The van der Waals surface area contributed by atoms with E-state index in [0.29, 0.717) is 23.9 Å². The largest absolute Gasteiger partial charge is 0.491 e. The summed E-state index contributed by atoms with van der Waals surface area (Å²) in [5, 5.41) is 9.45. The zero-order valence-electron chi connectivity index (χ0n) is 15.5. The van der Waals surface area contributed by atoms with Crippen molar-refractivity contribution < 1.29 is 14.6 Å². The van der Waals surface area contributed by atoms with E-state index in [9.17, 15) is 4.79 Å². The van der Waals surface area contributed by atoms with Gasteiger partial charge in [-0.05, 0) is 24.6 Å². The van der Waals surface area contributed by atoms with Gasteiger partial charge < -0.3 is 19.6 Å². The van der Waals surface area contributed by atoms with Crippen LogP contribution < -0.4 is 9.64 Å². The lowest BCUT2D eigenvalue weighted by molar-refractivity contribution is -0.132. The van der Waals surface area contributed by atoms with Gasteiger partial charge in [-0.3, -0.25) is 4.79 Å². The van der Waals surface area contributed by atoms with Gasteiger partial charge in [0.05, 0.1) is 23.2 Å². The van der Waals surface area contributed by atoms with E-state index in [1.165, 1.54) is 0 Å². The minimum Gasteiger partial charge on any atom is -0.491 e. The number of ether oxygens (including phenoxy) is 1. The molecule has 3 rings (SSSR count). The van der Waals surface area contributed by atoms with Gasteiger partial charge in [-0.2, -0.15) is 0 Å². The molecule has 1 unspecified atom stereocenters. The number of rotatable bonds is 6. The van der Waals surface area contributed by atoms with Crippen LogP contribution in [0.25, 0.3) is 0 Å². The Kier molecular flexibility index (Phi) is 6.58. The number of carbonyl (C=O) groups is 1. The molecule has 144 valence electrons. The van der Waals surface area contributed by atoms with Gasteiger partial charge in [0.15, 0.2) is 0 Å². The average molecular weight is 389 g/mol. The Morgan fingerprint density at radius 2 is 1.85 bits per heavy atom. The van der Waals surface area contributed by atoms with Crippen molar-refractivity contribution in [3.63, 3.8) is 0 Å². The van der Waals surface area contributed by atoms with Crippen molar-refractivity contribution in [3.05, 3.63) is 59.1 Å². The summed E-state index contributed by atoms with van der Waals surface area (Å²) in [5.74, 6) is 0.673. The van der Waals surface area contributed by atoms with E-state index in [2.05, 4.69) is 4.90 Å². The fourth-order valence-electron chi connectivity index (χ4n) is 3.32. The fourth-order valence-corrected chi connectivity index (χ4v) is 3.61. The second kappa shape index (κ2) is 9.11. The van der Waals surface area contributed by atoms with Gasteiger partial charge in [-0.1, -0.05) is 41.9 Å². The van der Waals surface area contributed by atoms with Gasteiger partial charge in [0, 0.05) is 32.2 Å². The molecule has 1 heterocycles. The Labute approximate surface area is 165 Å². The summed E-state index contributed by atoms with van der Waals surface area (Å²) in [5.41, 5.74) is 1.99. The van der Waals surface area contributed by atoms with E-state index in [4.69, 9.17) is 21.4 Å². The number of aliphatic hydroxyl groups excluding tert-OH is 1. The molecule has 2 aromatic carbocycles. The van der Waals surface area contributed by atoms with E-state index in [0.717, 1.165) is 24.3 Å². The molecule has 0 aromatic heterocycles. The number of aliphatic hydroxyl groups is 1. The smallest absolute Gasteiger partial charge is 0.229 e. The van der Waals surface area contributed by atoms with Crippen LogP contribution in [0.1, 0.15) is 18.4 Å². The predicted molar refractivity (Wildman–Crippen MR) is 108 cm³/mol. The van der Waals surface area contributed by atoms with Crippen molar-refractivity contribution in [1.82, 2.24) is 4.90 Å². The molecule has 1 fully saturated rings. The number of hydrogen-bond acceptors (Lipinski definition) is 4. The van der Waals surface area contributed by atoms with Crippen LogP contribution in [0.3, 0.4) is 0 Å². The summed E-state index contributed by atoms with van der Waals surface area (Å²) in [6.45, 7) is 5.01. The van der Waals surface area contributed by atoms with Gasteiger partial charge in [0.25, 0.3) is 0 Å². The molecule has 0 bridgehead atoms. The summed E-state index contributed by atoms with van der Waals surface area (Å²) in [6.07, 6.45) is 0. The SMILES string of the molecule is CC(C(=O)N1CCN(c2ccc(OCCO)cc2Cl)CC1)c1ccccc1. The number of amides is 1. The van der Waals surface area contributed by atoms with Crippen LogP contribution >= 0.6 is 11.6 Å². The molecule has 5 nitrogen and oxygen atoms in total. The molecule has 0 radical (unpaired) electrons. The summed E-state index contributed by atoms with van der Waals surface area (Å²) in [4.78, 5) is 16.9. The standard InChI is InChI=1S/C21H25ClN2O3/c1-16(17-5-3-2-4-6-17)21(26)24-11-9-23(10-12-24)20-8-7-18(15-19(20)22)27-14-13-25/h2-8,15-16,25H,9-14H2,1H3. The van der Waals surface area contributed by atoms with Crippen LogP contribution in [-0.4, -0.2) is 55.3 Å². The number of hydrogen-bond donors (Lipinski definition) is 1. The molecular formula is C21H25ClN2O3. The molecule has 1 amide bonds. The van der Waals surface area contributed by atoms with E-state index in [1.807, 2.05) is 54.3 Å². The van der Waals surface area contributed by atoms with Crippen LogP contribution in [0.2, 0.25) is 5.02 Å². The van der Waals surface area contributed by atoms with Crippen molar-refractivity contribution in [2.75, 3.05) is 44.3 Å². The minimum atomic E-state index is -0.135. The summed E-state index contributed by atoms with van der Waals surface area (Å²) >= 11 is 6.41. The molecule has 6 heteroatoms. The maximum Gasteiger partial charge on any atom is 0.229 e. The van der Waals surface area contributed by atoms with Gasteiger partial charge in [-0.15, -0.1) is 0 Å². The van der Waals surface area contributed by atoms with Crippen molar-refractivity contribution in [1.29, 1.82) is 0 Å². The Bertz CT molecular complexity index is 761. The topological polar surface area (TPSA) is 53.0 Å². The van der Waals surface area contributed by atoms with E-state index >= 15 is 0 Å². The minimum absolute atomic E-state index is 0.0310. The van der Waals surface area contributed by atoms with Crippen LogP contribution in [-0.2, 0) is 4.79 Å². The molecule has 27 heavy (non-hydrogen) atoms. The van der Waals surface area contributed by atoms with Gasteiger partial charge in [-0.25, -0.2) is 0 Å². The van der Waals surface area contributed by atoms with E-state index < -0.39 is 0 Å². The molecule has 1 aliphatic heterocycles. The molecule has 0 saturated carbocycles. The van der Waals surface area contributed by atoms with Crippen LogP contribution in [0.4, 0.5) is 5.69 Å². The Hall–Kier alpha value is -2.24. The highest BCUT2D eigenvalue weighted by molar-refractivity contribution is 6.33. The summed E-state index contributed by atoms with van der Waals surface area (Å²) in [6, 6.07) is 15.4. The monoisotopic (exact) mass is 388 g/mol. The van der Waals surface area contributed by atoms with Crippen molar-refractivity contribution in [2.45, 2.75) is 12.8 Å². The predicted octanol–water partition coefficient (Wildman–Crippen LogP) is 3.16. The number of halogens is 1. The van der Waals surface area contributed by atoms with Crippen molar-refractivity contribution in [3.8, 4) is 5.75 Å². The highest BCUT2D eigenvalue weighted by atomic mass is 35.5. The third-order valence-electron chi connectivity index (χ3n) is 4.88. The number of benzene rings is 2. The van der Waals surface area contributed by atoms with Crippen LogP contribution in [0.15, 0.2) is 48.5 Å². The second-order valence-electron chi connectivity index (χ2n) is 6.63. The summed E-state index contributed by atoms with van der Waals surface area (Å²) < 4.78 is 5.39. The Balaban J connectivity index is 1.59. The molecule has 1 aliphatic rings. The van der Waals surface area contributed by atoms with Gasteiger partial charge in [0.1, 0.15) is 12.4 Å². The number of nitrogens with zero attached hydrogens (tertiary/aromatic N) is 2. The fraction of sp³-hybridized carbons (Fsp3) is 0.381. The quantitative estimate of drug-likeness (QED) is 0.825. The molecule has 0 aliphatic carbocycles. The molecule has 1 N–H and O–H groups in total. The highest BCUT2D eigenvalue weighted by Crippen LogP contribution is 2.31. The second-order valence-corrected chi connectivity index (χ2v) is 7.04.